The van der Waals surface area contributed by atoms with Gasteiger partial charge in [-0.25, -0.2) is 4.98 Å². The summed E-state index contributed by atoms with van der Waals surface area (Å²) in [6.07, 6.45) is 2.90. The number of hydrogen-bond donors (Lipinski definition) is 2. The number of para-hydroxylation sites is 2. The molecule has 2 heterocycles. The molecule has 0 aliphatic rings. The molecular weight excluding hydrogens is 372 g/mol. The number of nitrogens with one attached hydrogen (secondary N) is 1. The average molecular weight is 394 g/mol. The lowest BCUT2D eigenvalue weighted by Crippen LogP contribution is -2.11. The van der Waals surface area contributed by atoms with Crippen LogP contribution in [0.1, 0.15) is 6.42 Å². The van der Waals surface area contributed by atoms with E-state index in [1.165, 1.54) is 0 Å². The summed E-state index contributed by atoms with van der Waals surface area (Å²) < 4.78 is 2.16. The Morgan fingerprint density at radius 2 is 1.70 bits per heavy atom. The highest BCUT2D eigenvalue weighted by molar-refractivity contribution is 5.97. The van der Waals surface area contributed by atoms with Gasteiger partial charge in [0.05, 0.1) is 11.0 Å². The van der Waals surface area contributed by atoms with Crippen LogP contribution < -0.4 is 11.3 Å². The normalized spacial score (nSPS) is 11.4. The van der Waals surface area contributed by atoms with Gasteiger partial charge in [0.1, 0.15) is 5.69 Å². The number of H-pyrrole nitrogens is 1. The van der Waals surface area contributed by atoms with E-state index in [0.29, 0.717) is 12.2 Å². The molecule has 2 aromatic heterocycles. The quantitative estimate of drug-likeness (QED) is 0.459. The first-order valence-electron chi connectivity index (χ1n) is 10.1. The number of aromatic nitrogens is 3. The summed E-state index contributed by atoms with van der Waals surface area (Å²) in [6, 6.07) is 24.1. The monoisotopic (exact) mass is 394 g/mol. The maximum Gasteiger partial charge on any atom is 0.275 e. The predicted molar refractivity (Wildman–Crippen MR) is 122 cm³/mol. The zero-order valence-corrected chi connectivity index (χ0v) is 16.5. The fourth-order valence-corrected chi connectivity index (χ4v) is 4.02. The molecule has 0 fully saturated rings. The topological polar surface area (TPSA) is 76.7 Å². The largest absolute Gasteiger partial charge is 0.347 e. The fourth-order valence-electron chi connectivity index (χ4n) is 4.02. The predicted octanol–water partition coefficient (Wildman–Crippen LogP) is 4.56. The van der Waals surface area contributed by atoms with Gasteiger partial charge in [0.2, 0.25) is 0 Å². The summed E-state index contributed by atoms with van der Waals surface area (Å²) in [5.74, 6) is 0. The third-order valence-electron chi connectivity index (χ3n) is 5.45. The second-order valence-corrected chi connectivity index (χ2v) is 7.38. The maximum absolute atomic E-state index is 13.0. The van der Waals surface area contributed by atoms with Crippen molar-refractivity contribution in [3.05, 3.63) is 89.3 Å². The molecule has 0 aliphatic carbocycles. The van der Waals surface area contributed by atoms with E-state index >= 15 is 0 Å². The number of rotatable bonds is 5. The van der Waals surface area contributed by atoms with Crippen LogP contribution in [0.5, 0.6) is 0 Å². The molecule has 148 valence electrons. The Morgan fingerprint density at radius 1 is 0.900 bits per heavy atom. The Balaban J connectivity index is 1.76. The van der Waals surface area contributed by atoms with Gasteiger partial charge in [-0.05, 0) is 30.7 Å². The molecule has 5 aromatic rings. The third kappa shape index (κ3) is 3.09. The minimum Gasteiger partial charge on any atom is -0.347 e. The zero-order chi connectivity index (χ0) is 20.5. The molecule has 0 saturated heterocycles. The van der Waals surface area contributed by atoms with E-state index in [-0.39, 0.29) is 5.56 Å². The highest BCUT2D eigenvalue weighted by Crippen LogP contribution is 2.31. The summed E-state index contributed by atoms with van der Waals surface area (Å²) in [6.45, 7) is 1.43. The molecule has 3 N–H and O–H groups in total. The molecule has 5 heteroatoms. The first-order chi connectivity index (χ1) is 14.8. The summed E-state index contributed by atoms with van der Waals surface area (Å²) in [5.41, 5.74) is 11.5. The van der Waals surface area contributed by atoms with Crippen LogP contribution in [-0.4, -0.2) is 21.1 Å². The molecule has 30 heavy (non-hydrogen) atoms. The van der Waals surface area contributed by atoms with Gasteiger partial charge in [0.15, 0.2) is 0 Å². The molecule has 3 aromatic carbocycles. The van der Waals surface area contributed by atoms with Gasteiger partial charge in [0, 0.05) is 34.8 Å². The molecule has 0 unspecified atom stereocenters. The van der Waals surface area contributed by atoms with E-state index in [2.05, 4.69) is 27.8 Å². The van der Waals surface area contributed by atoms with Crippen molar-refractivity contribution in [1.82, 2.24) is 14.5 Å². The molecule has 0 bridgehead atoms. The van der Waals surface area contributed by atoms with Crippen molar-refractivity contribution in [2.75, 3.05) is 6.54 Å². The summed E-state index contributed by atoms with van der Waals surface area (Å²) >= 11 is 0. The van der Waals surface area contributed by atoms with E-state index in [1.807, 2.05) is 60.8 Å². The molecular formula is C25H22N4O. The van der Waals surface area contributed by atoms with Crippen LogP contribution >= 0.6 is 0 Å². The van der Waals surface area contributed by atoms with Crippen LogP contribution in [0, 0.1) is 0 Å². The zero-order valence-electron chi connectivity index (χ0n) is 16.5. The van der Waals surface area contributed by atoms with Gasteiger partial charge >= 0.3 is 0 Å². The minimum absolute atomic E-state index is 0.186. The van der Waals surface area contributed by atoms with Crippen LogP contribution in [0.2, 0.25) is 0 Å². The van der Waals surface area contributed by atoms with Crippen LogP contribution in [0.25, 0.3) is 44.3 Å². The molecule has 0 atom stereocenters. The van der Waals surface area contributed by atoms with E-state index < -0.39 is 0 Å². The lowest BCUT2D eigenvalue weighted by Gasteiger charge is -2.08. The van der Waals surface area contributed by atoms with Crippen molar-refractivity contribution in [2.45, 2.75) is 13.0 Å². The van der Waals surface area contributed by atoms with E-state index in [1.54, 1.807) is 0 Å². The van der Waals surface area contributed by atoms with Crippen molar-refractivity contribution < 1.29 is 0 Å². The Kier molecular flexibility index (Phi) is 4.65. The number of fused-ring (bicyclic) bond motifs is 2. The second-order valence-electron chi connectivity index (χ2n) is 7.38. The molecule has 5 rings (SSSR count). The van der Waals surface area contributed by atoms with Crippen molar-refractivity contribution in [2.24, 2.45) is 5.73 Å². The Labute approximate surface area is 173 Å². The van der Waals surface area contributed by atoms with E-state index in [9.17, 15) is 4.79 Å². The lowest BCUT2D eigenvalue weighted by molar-refractivity contribution is 0.671. The van der Waals surface area contributed by atoms with Gasteiger partial charge in [-0.2, -0.15) is 0 Å². The SMILES string of the molecule is NCCCn1cc(-c2nc3c(-c4ccccc4)cccc3[nH]c2=O)c2ccccc21. The Bertz CT molecular complexity index is 1400. The Hall–Kier alpha value is -3.70. The van der Waals surface area contributed by atoms with Gasteiger partial charge in [-0.15, -0.1) is 0 Å². The first kappa shape index (κ1) is 18.3. The van der Waals surface area contributed by atoms with Crippen LogP contribution in [0.3, 0.4) is 0 Å². The van der Waals surface area contributed by atoms with Gasteiger partial charge in [-0.1, -0.05) is 60.7 Å². The highest BCUT2D eigenvalue weighted by atomic mass is 16.1. The number of hydrogen-bond acceptors (Lipinski definition) is 3. The minimum atomic E-state index is -0.186. The highest BCUT2D eigenvalue weighted by Gasteiger charge is 2.16. The Morgan fingerprint density at radius 3 is 2.53 bits per heavy atom. The standard InChI is InChI=1S/C25H22N4O/c26-14-7-15-29-16-20(19-10-4-5-13-22(19)29)24-25(30)27-21-12-6-11-18(23(21)28-24)17-8-2-1-3-9-17/h1-6,8-13,16H,7,14-15,26H2,(H,27,30). The number of nitrogens with two attached hydrogens (primary N) is 1. The number of benzene rings is 3. The number of aromatic amines is 1. The van der Waals surface area contributed by atoms with Crippen LogP contribution in [0.4, 0.5) is 0 Å². The number of nitrogens with zero attached hydrogens (tertiary/aromatic N) is 2. The van der Waals surface area contributed by atoms with Crippen molar-refractivity contribution in [1.29, 1.82) is 0 Å². The summed E-state index contributed by atoms with van der Waals surface area (Å²) in [7, 11) is 0. The molecule has 0 aliphatic heterocycles. The van der Waals surface area contributed by atoms with Crippen molar-refractivity contribution >= 4 is 21.9 Å². The summed E-state index contributed by atoms with van der Waals surface area (Å²) in [4.78, 5) is 20.9. The average Bonchev–Trinajstić information content (AvgIpc) is 3.16. The smallest absolute Gasteiger partial charge is 0.275 e. The third-order valence-corrected chi connectivity index (χ3v) is 5.45. The summed E-state index contributed by atoms with van der Waals surface area (Å²) in [5, 5.41) is 1.02. The first-order valence-corrected chi connectivity index (χ1v) is 10.1. The molecule has 0 amide bonds. The van der Waals surface area contributed by atoms with E-state index in [4.69, 9.17) is 10.7 Å². The lowest BCUT2D eigenvalue weighted by atomic mass is 10.0. The number of aryl methyl sites for hydroxylation is 1. The molecule has 5 nitrogen and oxygen atoms in total. The van der Waals surface area contributed by atoms with Crippen molar-refractivity contribution in [3.63, 3.8) is 0 Å². The molecule has 0 radical (unpaired) electrons. The van der Waals surface area contributed by atoms with Crippen molar-refractivity contribution in [3.8, 4) is 22.4 Å². The van der Waals surface area contributed by atoms with Gasteiger partial charge < -0.3 is 15.3 Å². The van der Waals surface area contributed by atoms with Gasteiger partial charge in [-0.3, -0.25) is 4.79 Å². The van der Waals surface area contributed by atoms with E-state index in [0.717, 1.165) is 51.6 Å². The molecule has 0 spiro atoms. The molecule has 0 saturated carbocycles. The van der Waals surface area contributed by atoms with Gasteiger partial charge in [0.25, 0.3) is 5.56 Å². The second kappa shape index (κ2) is 7.61. The maximum atomic E-state index is 13.0. The van der Waals surface area contributed by atoms with Crippen LogP contribution in [0.15, 0.2) is 83.8 Å². The fraction of sp³-hybridized carbons (Fsp3) is 0.120. The van der Waals surface area contributed by atoms with Crippen LogP contribution in [-0.2, 0) is 6.54 Å².